The summed E-state index contributed by atoms with van der Waals surface area (Å²) < 4.78 is 5.54. The van der Waals surface area contributed by atoms with Crippen LogP contribution < -0.4 is 0 Å². The van der Waals surface area contributed by atoms with Gasteiger partial charge >= 0.3 is 0 Å². The first-order valence-corrected chi connectivity index (χ1v) is 7.36. The normalized spacial score (nSPS) is 13.2. The minimum atomic E-state index is -0.416. The van der Waals surface area contributed by atoms with Crippen LogP contribution in [0.15, 0.2) is 24.3 Å². The zero-order valence-corrected chi connectivity index (χ0v) is 12.7. The van der Waals surface area contributed by atoms with Gasteiger partial charge in [0.15, 0.2) is 0 Å². The Morgan fingerprint density at radius 3 is 1.95 bits per heavy atom. The van der Waals surface area contributed by atoms with Crippen LogP contribution in [0.4, 0.5) is 0 Å². The highest BCUT2D eigenvalue weighted by Crippen LogP contribution is 2.20. The third-order valence-electron chi connectivity index (χ3n) is 3.36. The molecule has 1 rings (SSSR count). The van der Waals surface area contributed by atoms with Crippen molar-refractivity contribution in [1.29, 1.82) is 0 Å². The fraction of sp³-hybridized carbons (Fsp3) is 0.647. The second-order valence-corrected chi connectivity index (χ2v) is 5.92. The molecule has 0 radical (unpaired) electrons. The van der Waals surface area contributed by atoms with Crippen molar-refractivity contribution >= 4 is 0 Å². The minimum Gasteiger partial charge on any atom is -0.388 e. The third-order valence-corrected chi connectivity index (χ3v) is 3.36. The second-order valence-electron chi connectivity index (χ2n) is 5.92. The summed E-state index contributed by atoms with van der Waals surface area (Å²) in [6.45, 7) is 10.1. The fourth-order valence-electron chi connectivity index (χ4n) is 1.89. The van der Waals surface area contributed by atoms with Gasteiger partial charge in [-0.2, -0.15) is 0 Å². The number of aliphatic hydroxyl groups excluding tert-OH is 1. The van der Waals surface area contributed by atoms with Crippen molar-refractivity contribution in [3.63, 3.8) is 0 Å². The monoisotopic (exact) mass is 264 g/mol. The van der Waals surface area contributed by atoms with E-state index < -0.39 is 6.10 Å². The van der Waals surface area contributed by atoms with E-state index in [9.17, 15) is 5.11 Å². The zero-order valence-electron chi connectivity index (χ0n) is 12.7. The quantitative estimate of drug-likeness (QED) is 0.709. The van der Waals surface area contributed by atoms with Gasteiger partial charge in [-0.05, 0) is 29.4 Å². The Hall–Kier alpha value is -0.860. The molecule has 0 spiro atoms. The standard InChI is InChI=1S/C17H28O2/c1-13(2)9-11-19-12-10-17(18)16-7-5-15(6-8-16)14(3)4/h5-8,13-14,17-18H,9-12H2,1-4H3. The lowest BCUT2D eigenvalue weighted by Gasteiger charge is -2.13. The van der Waals surface area contributed by atoms with Crippen molar-refractivity contribution in [2.45, 2.75) is 52.6 Å². The predicted octanol–water partition coefficient (Wildman–Crippen LogP) is 4.30. The number of hydrogen-bond donors (Lipinski definition) is 1. The van der Waals surface area contributed by atoms with Gasteiger partial charge in [-0.1, -0.05) is 52.0 Å². The summed E-state index contributed by atoms with van der Waals surface area (Å²) in [4.78, 5) is 0. The topological polar surface area (TPSA) is 29.5 Å². The first kappa shape index (κ1) is 16.2. The van der Waals surface area contributed by atoms with Gasteiger partial charge in [0.05, 0.1) is 6.10 Å². The molecule has 0 aliphatic carbocycles. The average Bonchev–Trinajstić information content (AvgIpc) is 2.37. The van der Waals surface area contributed by atoms with Crippen molar-refractivity contribution in [2.75, 3.05) is 13.2 Å². The van der Waals surface area contributed by atoms with E-state index in [1.165, 1.54) is 5.56 Å². The van der Waals surface area contributed by atoms with Crippen molar-refractivity contribution in [3.8, 4) is 0 Å². The number of rotatable bonds is 8. The SMILES string of the molecule is CC(C)CCOCCC(O)c1ccc(C(C)C)cc1. The summed E-state index contributed by atoms with van der Waals surface area (Å²) in [5.74, 6) is 1.21. The molecule has 0 fully saturated rings. The maximum Gasteiger partial charge on any atom is 0.0812 e. The van der Waals surface area contributed by atoms with Gasteiger partial charge in [0.25, 0.3) is 0 Å². The number of benzene rings is 1. The van der Waals surface area contributed by atoms with Crippen molar-refractivity contribution in [1.82, 2.24) is 0 Å². The van der Waals surface area contributed by atoms with Crippen molar-refractivity contribution in [3.05, 3.63) is 35.4 Å². The summed E-state index contributed by atoms with van der Waals surface area (Å²) >= 11 is 0. The highest BCUT2D eigenvalue weighted by molar-refractivity contribution is 5.26. The largest absolute Gasteiger partial charge is 0.388 e. The summed E-state index contributed by atoms with van der Waals surface area (Å²) in [5.41, 5.74) is 2.29. The smallest absolute Gasteiger partial charge is 0.0812 e. The molecule has 0 saturated heterocycles. The van der Waals surface area contributed by atoms with Crippen LogP contribution in [0.3, 0.4) is 0 Å². The molecule has 2 heteroatoms. The van der Waals surface area contributed by atoms with E-state index in [1.54, 1.807) is 0 Å². The van der Waals surface area contributed by atoms with Crippen LogP contribution in [-0.2, 0) is 4.74 Å². The molecule has 1 aromatic rings. The van der Waals surface area contributed by atoms with Crippen LogP contribution in [-0.4, -0.2) is 18.3 Å². The zero-order chi connectivity index (χ0) is 14.3. The van der Waals surface area contributed by atoms with E-state index in [-0.39, 0.29) is 0 Å². The molecule has 0 amide bonds. The van der Waals surface area contributed by atoms with E-state index in [0.717, 1.165) is 18.6 Å². The Morgan fingerprint density at radius 1 is 0.895 bits per heavy atom. The number of hydrogen-bond acceptors (Lipinski definition) is 2. The van der Waals surface area contributed by atoms with E-state index in [2.05, 4.69) is 39.8 Å². The van der Waals surface area contributed by atoms with Crippen molar-refractivity contribution in [2.24, 2.45) is 5.92 Å². The van der Waals surface area contributed by atoms with Crippen LogP contribution in [0.5, 0.6) is 0 Å². The average molecular weight is 264 g/mol. The van der Waals surface area contributed by atoms with Crippen LogP contribution >= 0.6 is 0 Å². The lowest BCUT2D eigenvalue weighted by molar-refractivity contribution is 0.0767. The van der Waals surface area contributed by atoms with Gasteiger partial charge in [-0.15, -0.1) is 0 Å². The minimum absolute atomic E-state index is 0.416. The highest BCUT2D eigenvalue weighted by atomic mass is 16.5. The highest BCUT2D eigenvalue weighted by Gasteiger charge is 2.08. The fourth-order valence-corrected chi connectivity index (χ4v) is 1.89. The molecule has 1 aromatic carbocycles. The molecule has 0 heterocycles. The van der Waals surface area contributed by atoms with Crippen LogP contribution in [0.2, 0.25) is 0 Å². The lowest BCUT2D eigenvalue weighted by Crippen LogP contribution is -2.05. The van der Waals surface area contributed by atoms with Gasteiger partial charge in [0.2, 0.25) is 0 Å². The molecule has 2 nitrogen and oxygen atoms in total. The summed E-state index contributed by atoms with van der Waals surface area (Å²) in [6.07, 6.45) is 1.33. The molecular weight excluding hydrogens is 236 g/mol. The van der Waals surface area contributed by atoms with E-state index in [1.807, 2.05) is 12.1 Å². The summed E-state index contributed by atoms with van der Waals surface area (Å²) in [5, 5.41) is 10.1. The van der Waals surface area contributed by atoms with Gasteiger partial charge in [0.1, 0.15) is 0 Å². The van der Waals surface area contributed by atoms with Crippen LogP contribution in [0.25, 0.3) is 0 Å². The summed E-state index contributed by atoms with van der Waals surface area (Å²) in [6, 6.07) is 8.24. The molecule has 0 saturated carbocycles. The van der Waals surface area contributed by atoms with Gasteiger partial charge < -0.3 is 9.84 Å². The third kappa shape index (κ3) is 6.22. The molecule has 0 aliphatic rings. The van der Waals surface area contributed by atoms with Crippen LogP contribution in [0.1, 0.15) is 63.7 Å². The molecule has 0 aliphatic heterocycles. The number of ether oxygens (including phenoxy) is 1. The maximum absolute atomic E-state index is 10.1. The Kier molecular flexibility index (Phi) is 7.11. The van der Waals surface area contributed by atoms with E-state index in [0.29, 0.717) is 24.9 Å². The molecule has 1 N–H and O–H groups in total. The first-order valence-electron chi connectivity index (χ1n) is 7.36. The predicted molar refractivity (Wildman–Crippen MR) is 80.4 cm³/mol. The molecule has 0 aromatic heterocycles. The molecule has 1 unspecified atom stereocenters. The molecule has 0 bridgehead atoms. The number of aliphatic hydroxyl groups is 1. The molecule has 19 heavy (non-hydrogen) atoms. The summed E-state index contributed by atoms with van der Waals surface area (Å²) in [7, 11) is 0. The Balaban J connectivity index is 2.31. The Labute approximate surface area is 117 Å². The molecule has 1 atom stereocenters. The first-order chi connectivity index (χ1) is 9.00. The lowest BCUT2D eigenvalue weighted by atomic mass is 9.99. The Morgan fingerprint density at radius 2 is 1.42 bits per heavy atom. The maximum atomic E-state index is 10.1. The van der Waals surface area contributed by atoms with Crippen LogP contribution in [0, 0.1) is 5.92 Å². The van der Waals surface area contributed by atoms with Gasteiger partial charge in [0, 0.05) is 19.6 Å². The second kappa shape index (κ2) is 8.34. The van der Waals surface area contributed by atoms with Gasteiger partial charge in [-0.25, -0.2) is 0 Å². The molecular formula is C17H28O2. The Bertz CT molecular complexity index is 341. The molecule has 108 valence electrons. The van der Waals surface area contributed by atoms with Gasteiger partial charge in [-0.3, -0.25) is 0 Å². The van der Waals surface area contributed by atoms with Crippen molar-refractivity contribution < 1.29 is 9.84 Å². The van der Waals surface area contributed by atoms with E-state index >= 15 is 0 Å². The van der Waals surface area contributed by atoms with E-state index in [4.69, 9.17) is 4.74 Å².